The van der Waals surface area contributed by atoms with E-state index in [2.05, 4.69) is 4.99 Å². The molecule has 3 atom stereocenters. The lowest BCUT2D eigenvalue weighted by atomic mass is 9.84. The van der Waals surface area contributed by atoms with Crippen LogP contribution in [0.4, 0.5) is 4.79 Å². The maximum absolute atomic E-state index is 11.0. The van der Waals surface area contributed by atoms with Gasteiger partial charge in [0.25, 0.3) is 0 Å². The summed E-state index contributed by atoms with van der Waals surface area (Å²) in [5, 5.41) is 0. The molecule has 2 N–H and O–H groups in total. The van der Waals surface area contributed by atoms with Crippen molar-refractivity contribution in [2.45, 2.75) is 31.3 Å². The lowest BCUT2D eigenvalue weighted by Gasteiger charge is -2.31. The number of carbonyl (C=O) groups is 1. The Hall–Kier alpha value is -1.06. The van der Waals surface area contributed by atoms with E-state index in [4.69, 9.17) is 10.5 Å². The Morgan fingerprint density at radius 2 is 2.46 bits per heavy atom. The molecule has 0 aromatic carbocycles. The molecule has 4 nitrogen and oxygen atoms in total. The quantitative estimate of drug-likeness (QED) is 0.606. The molecule has 13 heavy (non-hydrogen) atoms. The maximum Gasteiger partial charge on any atom is 0.436 e. The van der Waals surface area contributed by atoms with Gasteiger partial charge in [-0.2, -0.15) is 4.99 Å². The van der Waals surface area contributed by atoms with E-state index in [9.17, 15) is 4.79 Å². The summed E-state index contributed by atoms with van der Waals surface area (Å²) in [5.74, 6) is 1.62. The van der Waals surface area contributed by atoms with Crippen LogP contribution in [0.25, 0.3) is 0 Å². The molecule has 2 fully saturated rings. The fraction of sp³-hybridized carbons (Fsp3) is 0.778. The van der Waals surface area contributed by atoms with E-state index in [1.165, 1.54) is 6.42 Å². The molecule has 3 rings (SSSR count). The van der Waals surface area contributed by atoms with Gasteiger partial charge in [-0.05, 0) is 31.6 Å². The molecule has 0 aromatic rings. The molecular weight excluding hydrogens is 168 g/mol. The summed E-state index contributed by atoms with van der Waals surface area (Å²) < 4.78 is 5.29. The highest BCUT2D eigenvalue weighted by Gasteiger charge is 2.61. The predicted molar refractivity (Wildman–Crippen MR) is 46.3 cm³/mol. The second-order valence-corrected chi connectivity index (χ2v) is 4.25. The van der Waals surface area contributed by atoms with E-state index in [0.29, 0.717) is 11.8 Å². The Kier molecular flexibility index (Phi) is 1.16. The highest BCUT2D eigenvalue weighted by molar-refractivity contribution is 6.02. The minimum atomic E-state index is -0.495. The number of amides is 1. The largest absolute Gasteiger partial charge is 0.436 e. The van der Waals surface area contributed by atoms with Gasteiger partial charge in [0.15, 0.2) is 11.4 Å². The van der Waals surface area contributed by atoms with Crippen molar-refractivity contribution < 1.29 is 9.53 Å². The zero-order valence-electron chi connectivity index (χ0n) is 7.32. The van der Waals surface area contributed by atoms with Gasteiger partial charge in [-0.25, -0.2) is 4.79 Å². The Labute approximate surface area is 76.2 Å². The summed E-state index contributed by atoms with van der Waals surface area (Å²) in [7, 11) is 0. The van der Waals surface area contributed by atoms with Gasteiger partial charge in [0.05, 0.1) is 0 Å². The van der Waals surface area contributed by atoms with E-state index >= 15 is 0 Å². The van der Waals surface area contributed by atoms with Gasteiger partial charge in [0, 0.05) is 5.92 Å². The first-order valence-electron chi connectivity index (χ1n) is 4.80. The van der Waals surface area contributed by atoms with Crippen molar-refractivity contribution in [3.8, 4) is 0 Å². The first-order valence-corrected chi connectivity index (χ1v) is 4.80. The van der Waals surface area contributed by atoms with E-state index < -0.39 is 11.7 Å². The van der Waals surface area contributed by atoms with Crippen molar-refractivity contribution >= 4 is 11.9 Å². The molecule has 0 bridgehead atoms. The van der Waals surface area contributed by atoms with E-state index in [-0.39, 0.29) is 0 Å². The van der Waals surface area contributed by atoms with Gasteiger partial charge in [-0.1, -0.05) is 0 Å². The maximum atomic E-state index is 11.0. The van der Waals surface area contributed by atoms with Crippen LogP contribution in [0.3, 0.4) is 0 Å². The van der Waals surface area contributed by atoms with Gasteiger partial charge in [0.2, 0.25) is 0 Å². The lowest BCUT2D eigenvalue weighted by Crippen LogP contribution is -2.46. The Balaban J connectivity index is 1.97. The fourth-order valence-corrected chi connectivity index (χ4v) is 2.82. The molecule has 0 saturated heterocycles. The minimum absolute atomic E-state index is 0.421. The Bertz CT molecular complexity index is 313. The van der Waals surface area contributed by atoms with Gasteiger partial charge < -0.3 is 10.5 Å². The smallest absolute Gasteiger partial charge is 0.433 e. The number of fused-ring (bicyclic) bond motifs is 2. The highest BCUT2D eigenvalue weighted by atomic mass is 16.6. The number of aliphatic imine (C=N–C) groups is 1. The zero-order chi connectivity index (χ0) is 9.05. The molecule has 3 unspecified atom stereocenters. The SMILES string of the molecule is NC1=NC(=O)OC12CCCC1CC12. The van der Waals surface area contributed by atoms with Crippen LogP contribution in [0.1, 0.15) is 25.7 Å². The molecule has 1 amide bonds. The van der Waals surface area contributed by atoms with Crippen LogP contribution in [0.5, 0.6) is 0 Å². The third-order valence-corrected chi connectivity index (χ3v) is 3.56. The second-order valence-electron chi connectivity index (χ2n) is 4.25. The average Bonchev–Trinajstić information content (AvgIpc) is 2.78. The van der Waals surface area contributed by atoms with Gasteiger partial charge >= 0.3 is 6.09 Å². The van der Waals surface area contributed by atoms with Crippen LogP contribution in [0, 0.1) is 11.8 Å². The average molecular weight is 180 g/mol. The van der Waals surface area contributed by atoms with Crippen molar-refractivity contribution in [3.05, 3.63) is 0 Å². The Morgan fingerprint density at radius 3 is 3.15 bits per heavy atom. The number of nitrogens with two attached hydrogens (primary N) is 1. The van der Waals surface area contributed by atoms with Crippen molar-refractivity contribution in [1.82, 2.24) is 0 Å². The van der Waals surface area contributed by atoms with E-state index in [1.807, 2.05) is 0 Å². The zero-order valence-corrected chi connectivity index (χ0v) is 7.32. The van der Waals surface area contributed by atoms with Crippen molar-refractivity contribution in [1.29, 1.82) is 0 Å². The van der Waals surface area contributed by atoms with E-state index in [0.717, 1.165) is 25.2 Å². The van der Waals surface area contributed by atoms with Crippen LogP contribution in [-0.2, 0) is 4.74 Å². The number of hydrogen-bond donors (Lipinski definition) is 1. The minimum Gasteiger partial charge on any atom is -0.433 e. The molecular formula is C9H12N2O2. The van der Waals surface area contributed by atoms with Crippen LogP contribution in [0.15, 0.2) is 4.99 Å². The molecule has 2 aliphatic carbocycles. The molecule has 1 heterocycles. The van der Waals surface area contributed by atoms with Crippen molar-refractivity contribution in [3.63, 3.8) is 0 Å². The first kappa shape index (κ1) is 7.35. The van der Waals surface area contributed by atoms with Crippen LogP contribution in [-0.4, -0.2) is 17.5 Å². The molecule has 0 radical (unpaired) electrons. The first-order chi connectivity index (χ1) is 6.22. The number of hydrogen-bond acceptors (Lipinski definition) is 3. The molecule has 70 valence electrons. The number of carbonyl (C=O) groups excluding carboxylic acids is 1. The van der Waals surface area contributed by atoms with Crippen LogP contribution in [0.2, 0.25) is 0 Å². The molecule has 3 aliphatic rings. The van der Waals surface area contributed by atoms with Crippen molar-refractivity contribution in [2.75, 3.05) is 0 Å². The third kappa shape index (κ3) is 0.806. The topological polar surface area (TPSA) is 64.7 Å². The molecule has 1 spiro atoms. The third-order valence-electron chi connectivity index (χ3n) is 3.56. The number of rotatable bonds is 0. The monoisotopic (exact) mass is 180 g/mol. The fourth-order valence-electron chi connectivity index (χ4n) is 2.82. The normalized spacial score (nSPS) is 47.1. The van der Waals surface area contributed by atoms with Gasteiger partial charge in [-0.15, -0.1) is 0 Å². The van der Waals surface area contributed by atoms with Gasteiger partial charge in [0.1, 0.15) is 0 Å². The summed E-state index contributed by atoms with van der Waals surface area (Å²) >= 11 is 0. The molecule has 1 aliphatic heterocycles. The predicted octanol–water partition coefficient (Wildman–Crippen LogP) is 1.05. The lowest BCUT2D eigenvalue weighted by molar-refractivity contribution is 0.0418. The number of nitrogens with zero attached hydrogens (tertiary/aromatic N) is 1. The highest BCUT2D eigenvalue weighted by Crippen LogP contribution is 2.57. The van der Waals surface area contributed by atoms with Crippen LogP contribution >= 0.6 is 0 Å². The summed E-state index contributed by atoms with van der Waals surface area (Å²) in [5.41, 5.74) is 5.27. The van der Waals surface area contributed by atoms with Crippen molar-refractivity contribution in [2.24, 2.45) is 22.6 Å². The summed E-state index contributed by atoms with van der Waals surface area (Å²) in [6.45, 7) is 0. The number of ether oxygens (including phenoxy) is 1. The van der Waals surface area contributed by atoms with E-state index in [1.54, 1.807) is 0 Å². The van der Waals surface area contributed by atoms with Crippen LogP contribution < -0.4 is 5.73 Å². The summed E-state index contributed by atoms with van der Waals surface area (Å²) in [6.07, 6.45) is 3.89. The van der Waals surface area contributed by atoms with Gasteiger partial charge in [-0.3, -0.25) is 0 Å². The standard InChI is InChI=1S/C9H12N2O2/c10-7-9(13-8(12)11-7)3-1-2-5-4-6(5)9/h5-6H,1-4H2,(H2,10,11,12). The second kappa shape index (κ2) is 2.05. The molecule has 4 heteroatoms. The molecule has 0 aromatic heterocycles. The summed E-state index contributed by atoms with van der Waals surface area (Å²) in [4.78, 5) is 14.7. The number of amidine groups is 1. The summed E-state index contributed by atoms with van der Waals surface area (Å²) in [6, 6.07) is 0. The molecule has 2 saturated carbocycles. The Morgan fingerprint density at radius 1 is 1.62 bits per heavy atom.